The zero-order chi connectivity index (χ0) is 13.7. The molecule has 102 valence electrons. The van der Waals surface area contributed by atoms with Gasteiger partial charge in [-0.1, -0.05) is 6.07 Å². The zero-order valence-electron chi connectivity index (χ0n) is 10.6. The third kappa shape index (κ3) is 4.21. The topological polar surface area (TPSA) is 57.6 Å². The summed E-state index contributed by atoms with van der Waals surface area (Å²) >= 11 is 1.60. The molecule has 19 heavy (non-hydrogen) atoms. The minimum atomic E-state index is -0.748. The molecule has 0 aliphatic carbocycles. The molecule has 0 saturated carbocycles. The summed E-state index contributed by atoms with van der Waals surface area (Å²) in [6, 6.07) is 3.92. The lowest BCUT2D eigenvalue weighted by molar-refractivity contribution is -0.138. The van der Waals surface area contributed by atoms with E-state index in [4.69, 9.17) is 5.11 Å². The highest BCUT2D eigenvalue weighted by Crippen LogP contribution is 2.20. The molecule has 0 radical (unpaired) electrons. The van der Waals surface area contributed by atoms with Crippen LogP contribution in [0.25, 0.3) is 6.08 Å². The number of amides is 1. The van der Waals surface area contributed by atoms with E-state index in [2.05, 4.69) is 0 Å². The number of carboxylic acid groups (broad SMARTS) is 1. The first-order chi connectivity index (χ1) is 9.15. The lowest BCUT2D eigenvalue weighted by atomic mass is 9.93. The average molecular weight is 279 g/mol. The van der Waals surface area contributed by atoms with Gasteiger partial charge in [0.05, 0.1) is 0 Å². The van der Waals surface area contributed by atoms with Gasteiger partial charge in [0, 0.05) is 30.5 Å². The van der Waals surface area contributed by atoms with Crippen LogP contribution in [0, 0.1) is 5.92 Å². The number of piperidine rings is 1. The third-order valence-corrected chi connectivity index (χ3v) is 4.16. The summed E-state index contributed by atoms with van der Waals surface area (Å²) < 4.78 is 0. The summed E-state index contributed by atoms with van der Waals surface area (Å²) in [6.07, 6.45) is 5.21. The van der Waals surface area contributed by atoms with E-state index < -0.39 is 5.97 Å². The summed E-state index contributed by atoms with van der Waals surface area (Å²) in [4.78, 5) is 25.4. The van der Waals surface area contributed by atoms with Crippen LogP contribution in [-0.2, 0) is 9.59 Å². The van der Waals surface area contributed by atoms with Gasteiger partial charge in [-0.05, 0) is 36.3 Å². The van der Waals surface area contributed by atoms with Gasteiger partial charge in [-0.15, -0.1) is 11.3 Å². The van der Waals surface area contributed by atoms with Crippen molar-refractivity contribution in [3.05, 3.63) is 28.5 Å². The normalized spacial score (nSPS) is 16.9. The number of thiophene rings is 1. The summed E-state index contributed by atoms with van der Waals surface area (Å²) in [6.45, 7) is 1.32. The molecule has 1 amide bonds. The Kier molecular flexibility index (Phi) is 4.74. The molecular formula is C14H17NO3S. The molecule has 0 spiro atoms. The molecule has 1 aliphatic rings. The van der Waals surface area contributed by atoms with E-state index in [1.165, 1.54) is 0 Å². The molecule has 5 heteroatoms. The van der Waals surface area contributed by atoms with E-state index in [1.54, 1.807) is 22.3 Å². The van der Waals surface area contributed by atoms with Gasteiger partial charge >= 0.3 is 5.97 Å². The second kappa shape index (κ2) is 6.52. The number of aliphatic carboxylic acids is 1. The first kappa shape index (κ1) is 13.8. The number of hydrogen-bond acceptors (Lipinski definition) is 3. The molecule has 1 aromatic heterocycles. The van der Waals surface area contributed by atoms with E-state index in [0.29, 0.717) is 13.1 Å². The van der Waals surface area contributed by atoms with Crippen molar-refractivity contribution in [2.45, 2.75) is 19.3 Å². The molecule has 0 bridgehead atoms. The second-order valence-electron chi connectivity index (χ2n) is 4.72. The van der Waals surface area contributed by atoms with Crippen LogP contribution < -0.4 is 0 Å². The van der Waals surface area contributed by atoms with Crippen LogP contribution in [0.3, 0.4) is 0 Å². The monoisotopic (exact) mass is 279 g/mol. The van der Waals surface area contributed by atoms with E-state index in [9.17, 15) is 9.59 Å². The summed E-state index contributed by atoms with van der Waals surface area (Å²) in [5.74, 6) is -0.521. The molecule has 0 atom stereocenters. The number of carbonyl (C=O) groups excluding carboxylic acids is 1. The van der Waals surface area contributed by atoms with Gasteiger partial charge in [-0.3, -0.25) is 9.59 Å². The van der Waals surface area contributed by atoms with Gasteiger partial charge in [0.2, 0.25) is 5.91 Å². The molecule has 0 aromatic carbocycles. The molecule has 1 aromatic rings. The van der Waals surface area contributed by atoms with Crippen molar-refractivity contribution in [1.82, 2.24) is 4.90 Å². The fourth-order valence-electron chi connectivity index (χ4n) is 2.25. The smallest absolute Gasteiger partial charge is 0.303 e. The van der Waals surface area contributed by atoms with Crippen LogP contribution in [0.4, 0.5) is 0 Å². The van der Waals surface area contributed by atoms with Gasteiger partial charge in [0.15, 0.2) is 0 Å². The second-order valence-corrected chi connectivity index (χ2v) is 5.69. The van der Waals surface area contributed by atoms with Crippen molar-refractivity contribution in [2.24, 2.45) is 5.92 Å². The number of rotatable bonds is 4. The molecule has 1 fully saturated rings. The zero-order valence-corrected chi connectivity index (χ0v) is 11.4. The van der Waals surface area contributed by atoms with Crippen molar-refractivity contribution >= 4 is 29.3 Å². The van der Waals surface area contributed by atoms with Gasteiger partial charge in [-0.2, -0.15) is 0 Å². The highest BCUT2D eigenvalue weighted by molar-refractivity contribution is 7.10. The van der Waals surface area contributed by atoms with Crippen molar-refractivity contribution in [2.75, 3.05) is 13.1 Å². The fraction of sp³-hybridized carbons (Fsp3) is 0.429. The van der Waals surface area contributed by atoms with E-state index in [-0.39, 0.29) is 18.2 Å². The molecule has 0 unspecified atom stereocenters. The Morgan fingerprint density at radius 3 is 2.74 bits per heavy atom. The van der Waals surface area contributed by atoms with Gasteiger partial charge in [-0.25, -0.2) is 0 Å². The van der Waals surface area contributed by atoms with Crippen LogP contribution in [0.15, 0.2) is 23.6 Å². The molecular weight excluding hydrogens is 262 g/mol. The summed E-state index contributed by atoms with van der Waals surface area (Å²) in [7, 11) is 0. The number of carboxylic acids is 1. The van der Waals surface area contributed by atoms with Gasteiger partial charge in [0.1, 0.15) is 0 Å². The predicted molar refractivity (Wildman–Crippen MR) is 74.9 cm³/mol. The third-order valence-electron chi connectivity index (χ3n) is 3.32. The van der Waals surface area contributed by atoms with Gasteiger partial charge in [0.25, 0.3) is 0 Å². The lowest BCUT2D eigenvalue weighted by Crippen LogP contribution is -2.37. The molecule has 4 nitrogen and oxygen atoms in total. The predicted octanol–water partition coefficient (Wildman–Crippen LogP) is 2.47. The van der Waals surface area contributed by atoms with E-state index in [0.717, 1.165) is 17.7 Å². The van der Waals surface area contributed by atoms with Crippen LogP contribution in [0.1, 0.15) is 24.1 Å². The SMILES string of the molecule is O=C(O)CC1CCN(C(=O)C=Cc2cccs2)CC1. The Bertz CT molecular complexity index is 459. The Hall–Kier alpha value is -1.62. The maximum Gasteiger partial charge on any atom is 0.303 e. The first-order valence-corrected chi connectivity index (χ1v) is 7.25. The van der Waals surface area contributed by atoms with E-state index >= 15 is 0 Å². The fourth-order valence-corrected chi connectivity index (χ4v) is 2.87. The highest BCUT2D eigenvalue weighted by atomic mass is 32.1. The average Bonchev–Trinajstić information content (AvgIpc) is 2.89. The Balaban J connectivity index is 1.81. The number of carbonyl (C=O) groups is 2. The molecule has 2 heterocycles. The molecule has 1 aliphatic heterocycles. The first-order valence-electron chi connectivity index (χ1n) is 6.37. The lowest BCUT2D eigenvalue weighted by Gasteiger charge is -2.30. The van der Waals surface area contributed by atoms with Gasteiger partial charge < -0.3 is 10.0 Å². The van der Waals surface area contributed by atoms with Crippen LogP contribution >= 0.6 is 11.3 Å². The van der Waals surface area contributed by atoms with Crippen molar-refractivity contribution in [1.29, 1.82) is 0 Å². The number of nitrogens with zero attached hydrogens (tertiary/aromatic N) is 1. The van der Waals surface area contributed by atoms with Crippen LogP contribution in [0.2, 0.25) is 0 Å². The number of likely N-dealkylation sites (tertiary alicyclic amines) is 1. The molecule has 2 rings (SSSR count). The quantitative estimate of drug-likeness (QED) is 0.861. The summed E-state index contributed by atoms with van der Waals surface area (Å²) in [5, 5.41) is 10.7. The van der Waals surface area contributed by atoms with Crippen molar-refractivity contribution in [3.8, 4) is 0 Å². The van der Waals surface area contributed by atoms with Crippen molar-refractivity contribution < 1.29 is 14.7 Å². The maximum atomic E-state index is 11.9. The Morgan fingerprint density at radius 2 is 2.16 bits per heavy atom. The maximum absolute atomic E-state index is 11.9. The number of hydrogen-bond donors (Lipinski definition) is 1. The summed E-state index contributed by atoms with van der Waals surface area (Å²) in [5.41, 5.74) is 0. The van der Waals surface area contributed by atoms with Crippen molar-refractivity contribution in [3.63, 3.8) is 0 Å². The minimum absolute atomic E-state index is 0.0159. The Morgan fingerprint density at radius 1 is 1.42 bits per heavy atom. The molecule has 1 saturated heterocycles. The largest absolute Gasteiger partial charge is 0.481 e. The standard InChI is InChI=1S/C14H17NO3S/c16-13(4-3-12-2-1-9-19-12)15-7-5-11(6-8-15)10-14(17)18/h1-4,9,11H,5-8,10H2,(H,17,18). The highest BCUT2D eigenvalue weighted by Gasteiger charge is 2.23. The van der Waals surface area contributed by atoms with E-state index in [1.807, 2.05) is 23.6 Å². The Labute approximate surface area is 116 Å². The molecule has 1 N–H and O–H groups in total. The van der Waals surface area contributed by atoms with Crippen LogP contribution in [0.5, 0.6) is 0 Å². The van der Waals surface area contributed by atoms with Crippen LogP contribution in [-0.4, -0.2) is 35.0 Å². The minimum Gasteiger partial charge on any atom is -0.481 e.